The van der Waals surface area contributed by atoms with Crippen LogP contribution >= 0.6 is 0 Å². The van der Waals surface area contributed by atoms with Gasteiger partial charge in [0.25, 0.3) is 0 Å². The molecule has 1 aliphatic heterocycles. The molecule has 0 bridgehead atoms. The second kappa shape index (κ2) is 10.5. The zero-order chi connectivity index (χ0) is 27.9. The van der Waals surface area contributed by atoms with Gasteiger partial charge in [0.15, 0.2) is 0 Å². The quantitative estimate of drug-likeness (QED) is 0.313. The summed E-state index contributed by atoms with van der Waals surface area (Å²) in [6.07, 6.45) is 6.90. The Balaban J connectivity index is 1.34. The number of carbonyl (C=O) groups is 1. The van der Waals surface area contributed by atoms with Crippen LogP contribution in [-0.4, -0.2) is 50.4 Å². The molecule has 3 N–H and O–H groups in total. The molecule has 8 nitrogen and oxygen atoms in total. The molecule has 0 unspecified atom stereocenters. The number of carbonyl (C=O) groups excluding carboxylic acids is 1. The molecule has 3 fully saturated rings. The third-order valence-electron chi connectivity index (χ3n) is 8.64. The van der Waals surface area contributed by atoms with Crippen molar-refractivity contribution in [3.63, 3.8) is 0 Å². The summed E-state index contributed by atoms with van der Waals surface area (Å²) in [5.41, 5.74) is 3.85. The van der Waals surface area contributed by atoms with Crippen LogP contribution in [0.2, 0.25) is 0 Å². The molecule has 1 aromatic heterocycles. The number of nitriles is 1. The number of nitrogens with one attached hydrogen (secondary N) is 2. The Bertz CT molecular complexity index is 1480. The SMILES string of the molecule is N#CC1(NC(=O)[C@@H]2CCCC[C@H]2c2nn(-c3ccc(F)cc3)cc2-c2ccc(N3CC[SH](=N)(O)CC3)cc2)CC1. The molecule has 2 aliphatic carbocycles. The Morgan fingerprint density at radius 3 is 2.38 bits per heavy atom. The first-order valence-electron chi connectivity index (χ1n) is 14.0. The highest BCUT2D eigenvalue weighted by Crippen LogP contribution is 2.43. The van der Waals surface area contributed by atoms with Gasteiger partial charge >= 0.3 is 0 Å². The van der Waals surface area contributed by atoms with E-state index >= 15 is 0 Å². The van der Waals surface area contributed by atoms with Crippen LogP contribution in [0.4, 0.5) is 10.1 Å². The number of hydrogen-bond acceptors (Lipinski definition) is 5. The molecular formula is C30H35FN6O2S. The Kier molecular flexibility index (Phi) is 6.97. The normalized spacial score (nSPS) is 24.1. The van der Waals surface area contributed by atoms with Crippen LogP contribution in [0, 0.1) is 27.8 Å². The fourth-order valence-corrected chi connectivity index (χ4v) is 7.37. The van der Waals surface area contributed by atoms with E-state index in [2.05, 4.69) is 40.6 Å². The lowest BCUT2D eigenvalue weighted by Gasteiger charge is -2.36. The van der Waals surface area contributed by atoms with Crippen molar-refractivity contribution >= 4 is 21.7 Å². The maximum absolute atomic E-state index is 13.7. The third kappa shape index (κ3) is 5.40. The molecule has 2 aromatic carbocycles. The monoisotopic (exact) mass is 562 g/mol. The molecule has 3 aromatic rings. The van der Waals surface area contributed by atoms with Gasteiger partial charge in [-0.3, -0.25) is 9.57 Å². The molecule has 0 spiro atoms. The lowest BCUT2D eigenvalue weighted by molar-refractivity contribution is -0.127. The number of halogens is 1. The minimum absolute atomic E-state index is 0.0660. The molecule has 1 saturated heterocycles. The van der Waals surface area contributed by atoms with E-state index in [1.54, 1.807) is 16.8 Å². The number of anilines is 1. The van der Waals surface area contributed by atoms with Crippen LogP contribution in [0.15, 0.2) is 54.7 Å². The zero-order valence-electron chi connectivity index (χ0n) is 22.4. The molecule has 2 atom stereocenters. The molecule has 6 rings (SSSR count). The second-order valence-corrected chi connectivity index (χ2v) is 14.2. The van der Waals surface area contributed by atoms with Gasteiger partial charge in [-0.2, -0.15) is 10.4 Å². The van der Waals surface area contributed by atoms with E-state index in [1.807, 2.05) is 6.20 Å². The molecule has 2 saturated carbocycles. The van der Waals surface area contributed by atoms with Crippen LogP contribution in [-0.2, 0) is 14.9 Å². The van der Waals surface area contributed by atoms with Crippen molar-refractivity contribution in [2.45, 2.75) is 50.0 Å². The molecule has 1 amide bonds. The van der Waals surface area contributed by atoms with Gasteiger partial charge in [-0.1, -0.05) is 25.0 Å². The van der Waals surface area contributed by atoms with Gasteiger partial charge in [-0.05, 0) is 67.6 Å². The van der Waals surface area contributed by atoms with Crippen LogP contribution in [0.3, 0.4) is 0 Å². The van der Waals surface area contributed by atoms with Gasteiger partial charge in [-0.15, -0.1) is 10.1 Å². The van der Waals surface area contributed by atoms with Gasteiger partial charge in [0, 0.05) is 53.9 Å². The maximum atomic E-state index is 13.7. The topological polar surface area (TPSA) is 118 Å². The molecule has 40 heavy (non-hydrogen) atoms. The van der Waals surface area contributed by atoms with E-state index in [9.17, 15) is 19.0 Å². The summed E-state index contributed by atoms with van der Waals surface area (Å²) in [5, 5.41) is 17.6. The van der Waals surface area contributed by atoms with Crippen molar-refractivity contribution in [2.24, 2.45) is 5.92 Å². The minimum atomic E-state index is -2.51. The van der Waals surface area contributed by atoms with Gasteiger partial charge < -0.3 is 14.8 Å². The second-order valence-electron chi connectivity index (χ2n) is 11.4. The van der Waals surface area contributed by atoms with Crippen molar-refractivity contribution in [1.82, 2.24) is 15.1 Å². The summed E-state index contributed by atoms with van der Waals surface area (Å²) >= 11 is 0. The van der Waals surface area contributed by atoms with Gasteiger partial charge in [0.05, 0.1) is 17.5 Å². The average Bonchev–Trinajstić information content (AvgIpc) is 3.60. The Hall–Kier alpha value is -3.55. The Labute approximate surface area is 234 Å². The first-order chi connectivity index (χ1) is 19.3. The van der Waals surface area contributed by atoms with Crippen LogP contribution in [0.25, 0.3) is 16.8 Å². The number of nitrogens with zero attached hydrogens (tertiary/aromatic N) is 4. The molecular weight excluding hydrogens is 527 g/mol. The number of aromatic nitrogens is 2. The summed E-state index contributed by atoms with van der Waals surface area (Å²) in [6.45, 7) is 1.34. The van der Waals surface area contributed by atoms with E-state index in [0.29, 0.717) is 37.4 Å². The number of hydrogen-bond donors (Lipinski definition) is 4. The van der Waals surface area contributed by atoms with Crippen molar-refractivity contribution in [3.05, 3.63) is 66.2 Å². The fraction of sp³-hybridized carbons (Fsp3) is 0.433. The predicted octanol–water partition coefficient (Wildman–Crippen LogP) is 5.07. The Morgan fingerprint density at radius 1 is 1.07 bits per heavy atom. The first kappa shape index (κ1) is 26.7. The van der Waals surface area contributed by atoms with Gasteiger partial charge in [0.2, 0.25) is 5.91 Å². The van der Waals surface area contributed by atoms with E-state index in [4.69, 9.17) is 9.88 Å². The highest BCUT2D eigenvalue weighted by molar-refractivity contribution is 7.98. The lowest BCUT2D eigenvalue weighted by atomic mass is 9.75. The summed E-state index contributed by atoms with van der Waals surface area (Å²) in [7, 11) is -2.51. The number of benzene rings is 2. The van der Waals surface area contributed by atoms with Gasteiger partial charge in [-0.25, -0.2) is 9.07 Å². The zero-order valence-corrected chi connectivity index (χ0v) is 23.3. The van der Waals surface area contributed by atoms with E-state index in [-0.39, 0.29) is 23.6 Å². The van der Waals surface area contributed by atoms with Crippen LogP contribution in [0.5, 0.6) is 0 Å². The summed E-state index contributed by atoms with van der Waals surface area (Å²) in [5.74, 6) is 0.285. The molecule has 3 aliphatic rings. The summed E-state index contributed by atoms with van der Waals surface area (Å²) < 4.78 is 33.5. The van der Waals surface area contributed by atoms with E-state index in [0.717, 1.165) is 53.9 Å². The van der Waals surface area contributed by atoms with E-state index in [1.165, 1.54) is 12.1 Å². The number of thiol groups is 1. The predicted molar refractivity (Wildman–Crippen MR) is 155 cm³/mol. The van der Waals surface area contributed by atoms with Crippen molar-refractivity contribution in [3.8, 4) is 22.9 Å². The first-order valence-corrected chi connectivity index (χ1v) is 16.2. The largest absolute Gasteiger partial charge is 0.370 e. The minimum Gasteiger partial charge on any atom is -0.370 e. The van der Waals surface area contributed by atoms with Crippen molar-refractivity contribution < 1.29 is 13.7 Å². The average molecular weight is 563 g/mol. The third-order valence-corrected chi connectivity index (χ3v) is 10.5. The highest BCUT2D eigenvalue weighted by atomic mass is 32.3. The number of rotatable bonds is 6. The van der Waals surface area contributed by atoms with Gasteiger partial charge in [0.1, 0.15) is 11.4 Å². The number of amides is 1. The standard InChI is InChI=1S/C30H35FN6O2S/c31-22-7-11-24(12-8-22)37-19-27(21-5-9-23(10-6-21)36-15-17-40(33,39)18-16-36)28(35-37)25-3-1-2-4-26(25)29(38)34-30(20-32)13-14-30/h5-12,19,25-26,40H,1-4,13-18H2,(H2,33,39)(H,34,38)/t25-,26-/m1/s1. The maximum Gasteiger partial charge on any atom is 0.225 e. The smallest absolute Gasteiger partial charge is 0.225 e. The molecule has 210 valence electrons. The van der Waals surface area contributed by atoms with Crippen LogP contribution in [0.1, 0.15) is 50.1 Å². The molecule has 0 radical (unpaired) electrons. The molecule has 10 heteroatoms. The van der Waals surface area contributed by atoms with Crippen molar-refractivity contribution in [1.29, 1.82) is 10.0 Å². The highest BCUT2D eigenvalue weighted by Gasteiger charge is 2.47. The Morgan fingerprint density at radius 2 is 1.73 bits per heavy atom. The van der Waals surface area contributed by atoms with E-state index < -0.39 is 15.6 Å². The fourth-order valence-electron chi connectivity index (χ4n) is 6.01. The summed E-state index contributed by atoms with van der Waals surface area (Å²) in [6, 6.07) is 16.7. The lowest BCUT2D eigenvalue weighted by Crippen LogP contribution is -2.42. The molecule has 2 heterocycles. The van der Waals surface area contributed by atoms with Crippen LogP contribution < -0.4 is 10.2 Å². The van der Waals surface area contributed by atoms with Crippen molar-refractivity contribution in [2.75, 3.05) is 29.5 Å². The summed E-state index contributed by atoms with van der Waals surface area (Å²) in [4.78, 5) is 15.7.